The highest BCUT2D eigenvalue weighted by Gasteiger charge is 2.02. The highest BCUT2D eigenvalue weighted by Crippen LogP contribution is 2.19. The molecule has 0 amide bonds. The molecule has 0 unspecified atom stereocenters. The molecule has 0 saturated carbocycles. The van der Waals surface area contributed by atoms with Gasteiger partial charge in [0.2, 0.25) is 5.95 Å². The van der Waals surface area contributed by atoms with Crippen LogP contribution >= 0.6 is 11.9 Å². The summed E-state index contributed by atoms with van der Waals surface area (Å²) in [6, 6.07) is 19.7. The molecule has 0 atom stereocenters. The van der Waals surface area contributed by atoms with Gasteiger partial charge in [-0.1, -0.05) is 30.0 Å². The lowest BCUT2D eigenvalue weighted by atomic mass is 10.1. The molecule has 0 saturated heterocycles. The van der Waals surface area contributed by atoms with Crippen molar-refractivity contribution in [3.8, 4) is 11.8 Å². The van der Waals surface area contributed by atoms with Crippen molar-refractivity contribution in [1.29, 1.82) is 0 Å². The van der Waals surface area contributed by atoms with Crippen LogP contribution < -0.4 is 4.72 Å². The molecular formula is C24H18FN3S. The van der Waals surface area contributed by atoms with Crippen LogP contribution in [-0.2, 0) is 6.54 Å². The molecule has 0 fully saturated rings. The van der Waals surface area contributed by atoms with Gasteiger partial charge in [-0.25, -0.2) is 4.98 Å². The number of aryl methyl sites for hydroxylation is 1. The smallest absolute Gasteiger partial charge is 0.228 e. The van der Waals surface area contributed by atoms with Gasteiger partial charge in [0, 0.05) is 34.8 Å². The molecule has 0 aliphatic rings. The van der Waals surface area contributed by atoms with Crippen molar-refractivity contribution < 1.29 is 4.39 Å². The topological polar surface area (TPSA) is 37.8 Å². The number of fused-ring (bicyclic) bond motifs is 1. The Balaban J connectivity index is 1.39. The summed E-state index contributed by atoms with van der Waals surface area (Å²) in [5, 5.41) is 1.16. The minimum Gasteiger partial charge on any atom is -0.256 e. The molecule has 4 rings (SSSR count). The van der Waals surface area contributed by atoms with Crippen molar-refractivity contribution in [2.24, 2.45) is 0 Å². The number of hydrogen-bond donors (Lipinski definition) is 1. The Hall–Kier alpha value is -3.20. The van der Waals surface area contributed by atoms with Gasteiger partial charge >= 0.3 is 0 Å². The van der Waals surface area contributed by atoms with E-state index in [9.17, 15) is 4.39 Å². The molecule has 0 aliphatic carbocycles. The second-order valence-corrected chi connectivity index (χ2v) is 7.50. The van der Waals surface area contributed by atoms with E-state index >= 15 is 0 Å². The molecular weight excluding hydrogens is 381 g/mol. The van der Waals surface area contributed by atoms with E-state index in [1.54, 1.807) is 18.0 Å². The third-order valence-corrected chi connectivity index (χ3v) is 5.16. The molecule has 0 aliphatic heterocycles. The summed E-state index contributed by atoms with van der Waals surface area (Å²) < 4.78 is 17.1. The van der Waals surface area contributed by atoms with Crippen LogP contribution in [0.4, 0.5) is 4.39 Å². The number of para-hydroxylation sites is 1. The van der Waals surface area contributed by atoms with Crippen molar-refractivity contribution in [3.05, 3.63) is 101 Å². The summed E-state index contributed by atoms with van der Waals surface area (Å²) >= 11 is 1.56. The van der Waals surface area contributed by atoms with Gasteiger partial charge in [-0.3, -0.25) is 9.71 Å². The van der Waals surface area contributed by atoms with Crippen LogP contribution in [0.25, 0.3) is 10.9 Å². The number of aromatic nitrogens is 2. The van der Waals surface area contributed by atoms with Crippen LogP contribution in [0, 0.1) is 24.7 Å². The molecule has 1 N–H and O–H groups in total. The first-order valence-electron chi connectivity index (χ1n) is 9.15. The van der Waals surface area contributed by atoms with Crippen molar-refractivity contribution in [3.63, 3.8) is 0 Å². The number of halogens is 1. The van der Waals surface area contributed by atoms with Gasteiger partial charge in [0.1, 0.15) is 0 Å². The number of nitrogens with zero attached hydrogens (tertiary/aromatic N) is 2. The monoisotopic (exact) mass is 399 g/mol. The van der Waals surface area contributed by atoms with E-state index in [2.05, 4.69) is 32.6 Å². The zero-order valence-corrected chi connectivity index (χ0v) is 16.6. The highest BCUT2D eigenvalue weighted by atomic mass is 32.2. The van der Waals surface area contributed by atoms with Gasteiger partial charge in [0.25, 0.3) is 0 Å². The largest absolute Gasteiger partial charge is 0.256 e. The van der Waals surface area contributed by atoms with E-state index in [0.29, 0.717) is 5.56 Å². The van der Waals surface area contributed by atoms with E-state index in [0.717, 1.165) is 33.5 Å². The van der Waals surface area contributed by atoms with Gasteiger partial charge in [0.05, 0.1) is 11.1 Å². The number of hydrogen-bond acceptors (Lipinski definition) is 4. The summed E-state index contributed by atoms with van der Waals surface area (Å²) in [5.41, 5.74) is 4.24. The highest BCUT2D eigenvalue weighted by molar-refractivity contribution is 7.97. The standard InChI is InChI=1S/C24H18FN3S/c1-17-14-19(24(25)27-15-17)9-6-18-7-10-21(11-8-18)29-28-16-20-12-13-26-23-5-3-2-4-22(20)23/h2-5,7-8,10-15,28H,16H2,1H3. The lowest BCUT2D eigenvalue weighted by Gasteiger charge is -2.07. The van der Waals surface area contributed by atoms with Crippen LogP contribution in [0.5, 0.6) is 0 Å². The maximum absolute atomic E-state index is 13.7. The number of nitrogens with one attached hydrogen (secondary N) is 1. The van der Waals surface area contributed by atoms with Crippen molar-refractivity contribution >= 4 is 22.9 Å². The first-order chi connectivity index (χ1) is 14.2. The second kappa shape index (κ2) is 8.87. The Morgan fingerprint density at radius 1 is 1.00 bits per heavy atom. The average Bonchev–Trinajstić information content (AvgIpc) is 2.75. The maximum atomic E-state index is 13.7. The molecule has 5 heteroatoms. The van der Waals surface area contributed by atoms with Crippen LogP contribution in [0.2, 0.25) is 0 Å². The summed E-state index contributed by atoms with van der Waals surface area (Å²) in [6.45, 7) is 2.60. The van der Waals surface area contributed by atoms with Crippen LogP contribution in [0.1, 0.15) is 22.3 Å². The van der Waals surface area contributed by atoms with Crippen molar-refractivity contribution in [2.45, 2.75) is 18.4 Å². The van der Waals surface area contributed by atoms with E-state index < -0.39 is 5.95 Å². The SMILES string of the molecule is Cc1cnc(F)c(C#Cc2ccc(SNCc3ccnc4ccccc34)cc2)c1. The van der Waals surface area contributed by atoms with Gasteiger partial charge in [-0.2, -0.15) is 4.39 Å². The molecule has 0 spiro atoms. The fourth-order valence-electron chi connectivity index (χ4n) is 2.89. The van der Waals surface area contributed by atoms with E-state index in [1.165, 1.54) is 11.8 Å². The van der Waals surface area contributed by atoms with E-state index in [-0.39, 0.29) is 0 Å². The predicted octanol–water partition coefficient (Wildman–Crippen LogP) is 5.27. The van der Waals surface area contributed by atoms with Gasteiger partial charge in [-0.05, 0) is 72.5 Å². The predicted molar refractivity (Wildman–Crippen MR) is 116 cm³/mol. The third-order valence-electron chi connectivity index (χ3n) is 4.36. The minimum absolute atomic E-state index is 0.315. The van der Waals surface area contributed by atoms with Crippen LogP contribution in [0.15, 0.2) is 78.0 Å². The van der Waals surface area contributed by atoms with Crippen LogP contribution in [0.3, 0.4) is 0 Å². The van der Waals surface area contributed by atoms with Gasteiger partial charge in [0.15, 0.2) is 0 Å². The number of pyridine rings is 2. The van der Waals surface area contributed by atoms with Gasteiger partial charge in [-0.15, -0.1) is 0 Å². The first-order valence-corrected chi connectivity index (χ1v) is 9.97. The van der Waals surface area contributed by atoms with E-state index in [1.807, 2.05) is 61.7 Å². The lowest BCUT2D eigenvalue weighted by Crippen LogP contribution is -2.03. The molecule has 3 nitrogen and oxygen atoms in total. The van der Waals surface area contributed by atoms with Crippen LogP contribution in [-0.4, -0.2) is 9.97 Å². The zero-order chi connectivity index (χ0) is 20.1. The zero-order valence-electron chi connectivity index (χ0n) is 15.8. The Bertz CT molecular complexity index is 1200. The fraction of sp³-hybridized carbons (Fsp3) is 0.0833. The third kappa shape index (κ3) is 4.80. The molecule has 2 heterocycles. The molecule has 0 radical (unpaired) electrons. The Morgan fingerprint density at radius 2 is 1.83 bits per heavy atom. The minimum atomic E-state index is -0.539. The number of benzene rings is 2. The summed E-state index contributed by atoms with van der Waals surface area (Å²) in [4.78, 5) is 9.17. The number of rotatable bonds is 4. The maximum Gasteiger partial charge on any atom is 0.228 e. The molecule has 2 aromatic carbocycles. The van der Waals surface area contributed by atoms with E-state index in [4.69, 9.17) is 0 Å². The Labute approximate surface area is 173 Å². The normalized spacial score (nSPS) is 10.6. The quantitative estimate of drug-likeness (QED) is 0.288. The van der Waals surface area contributed by atoms with Crippen molar-refractivity contribution in [2.75, 3.05) is 0 Å². The second-order valence-electron chi connectivity index (χ2n) is 6.54. The average molecular weight is 399 g/mol. The lowest BCUT2D eigenvalue weighted by molar-refractivity contribution is 0.579. The Morgan fingerprint density at radius 3 is 2.69 bits per heavy atom. The summed E-state index contributed by atoms with van der Waals surface area (Å²) in [5.74, 6) is 5.31. The van der Waals surface area contributed by atoms with Crippen molar-refractivity contribution in [1.82, 2.24) is 14.7 Å². The summed E-state index contributed by atoms with van der Waals surface area (Å²) in [6.07, 6.45) is 3.33. The first kappa shape index (κ1) is 19.1. The molecule has 142 valence electrons. The molecule has 2 aromatic heterocycles. The fourth-order valence-corrected chi connectivity index (χ4v) is 3.56. The molecule has 4 aromatic rings. The molecule has 29 heavy (non-hydrogen) atoms. The summed E-state index contributed by atoms with van der Waals surface area (Å²) in [7, 11) is 0. The molecule has 0 bridgehead atoms. The Kier molecular flexibility index (Phi) is 5.85. The van der Waals surface area contributed by atoms with Gasteiger partial charge < -0.3 is 0 Å².